The van der Waals surface area contributed by atoms with E-state index in [9.17, 15) is 4.79 Å². The van der Waals surface area contributed by atoms with Crippen molar-refractivity contribution < 1.29 is 4.79 Å². The lowest BCUT2D eigenvalue weighted by molar-refractivity contribution is -0.121. The number of fused-ring (bicyclic) bond motifs is 2. The van der Waals surface area contributed by atoms with E-state index in [0.717, 1.165) is 31.6 Å². The molecule has 21 heavy (non-hydrogen) atoms. The van der Waals surface area contributed by atoms with Gasteiger partial charge in [0.1, 0.15) is 0 Å². The van der Waals surface area contributed by atoms with E-state index in [1.165, 1.54) is 16.8 Å². The summed E-state index contributed by atoms with van der Waals surface area (Å²) in [5.41, 5.74) is 4.80. The topological polar surface area (TPSA) is 32.3 Å². The molecule has 2 aliphatic rings. The lowest BCUT2D eigenvalue weighted by atomic mass is 9.93. The molecule has 0 radical (unpaired) electrons. The molecule has 2 aromatic rings. The van der Waals surface area contributed by atoms with Gasteiger partial charge in [-0.3, -0.25) is 4.79 Å². The van der Waals surface area contributed by atoms with Crippen LogP contribution >= 0.6 is 0 Å². The zero-order chi connectivity index (χ0) is 14.2. The fourth-order valence-corrected chi connectivity index (χ4v) is 3.40. The fraction of sp³-hybridized carbons (Fsp3) is 0.278. The van der Waals surface area contributed by atoms with E-state index in [1.54, 1.807) is 0 Å². The molecule has 0 bridgehead atoms. The maximum atomic E-state index is 12.9. The number of benzene rings is 2. The molecule has 1 N–H and O–H groups in total. The standard InChI is InChI=1S/C18H18N2O/c21-18(20-10-9-13-5-2-4-8-17(13)20)15-11-14-6-1-3-7-16(14)19-12-15/h1-8,15,19H,9-12H2. The second-order valence-corrected chi connectivity index (χ2v) is 5.81. The third-order valence-corrected chi connectivity index (χ3v) is 4.53. The molecule has 0 aromatic heterocycles. The van der Waals surface area contributed by atoms with Crippen molar-refractivity contribution in [2.45, 2.75) is 12.8 Å². The van der Waals surface area contributed by atoms with Gasteiger partial charge in [-0.25, -0.2) is 0 Å². The molecule has 1 atom stereocenters. The van der Waals surface area contributed by atoms with Crippen LogP contribution in [0.2, 0.25) is 0 Å². The third-order valence-electron chi connectivity index (χ3n) is 4.53. The average Bonchev–Trinajstić information content (AvgIpc) is 2.98. The Morgan fingerprint density at radius 3 is 2.71 bits per heavy atom. The highest BCUT2D eigenvalue weighted by Crippen LogP contribution is 2.31. The van der Waals surface area contributed by atoms with Gasteiger partial charge in [0, 0.05) is 24.5 Å². The molecule has 1 unspecified atom stereocenters. The molecule has 2 aromatic carbocycles. The molecule has 0 fully saturated rings. The molecule has 3 heteroatoms. The number of nitrogens with one attached hydrogen (secondary N) is 1. The van der Waals surface area contributed by atoms with E-state index < -0.39 is 0 Å². The maximum absolute atomic E-state index is 12.9. The van der Waals surface area contributed by atoms with Crippen LogP contribution in [0.25, 0.3) is 0 Å². The monoisotopic (exact) mass is 278 g/mol. The summed E-state index contributed by atoms with van der Waals surface area (Å²) in [6, 6.07) is 16.5. The van der Waals surface area contributed by atoms with Gasteiger partial charge in [-0.15, -0.1) is 0 Å². The molecular weight excluding hydrogens is 260 g/mol. The number of hydrogen-bond donors (Lipinski definition) is 1. The predicted octanol–water partition coefficient (Wildman–Crippen LogP) is 2.86. The molecule has 1 amide bonds. The maximum Gasteiger partial charge on any atom is 0.232 e. The first-order valence-corrected chi connectivity index (χ1v) is 7.54. The summed E-state index contributed by atoms with van der Waals surface area (Å²) < 4.78 is 0. The van der Waals surface area contributed by atoms with Crippen LogP contribution in [0.15, 0.2) is 48.5 Å². The summed E-state index contributed by atoms with van der Waals surface area (Å²) in [5, 5.41) is 3.39. The van der Waals surface area contributed by atoms with Crippen molar-refractivity contribution in [2.75, 3.05) is 23.3 Å². The fourth-order valence-electron chi connectivity index (χ4n) is 3.40. The third kappa shape index (κ3) is 2.09. The van der Waals surface area contributed by atoms with E-state index in [0.29, 0.717) is 0 Å². The van der Waals surface area contributed by atoms with E-state index >= 15 is 0 Å². The second-order valence-electron chi connectivity index (χ2n) is 5.81. The zero-order valence-corrected chi connectivity index (χ0v) is 11.9. The van der Waals surface area contributed by atoms with E-state index in [1.807, 2.05) is 29.2 Å². The second kappa shape index (κ2) is 4.92. The van der Waals surface area contributed by atoms with Gasteiger partial charge < -0.3 is 10.2 Å². The number of amides is 1. The quantitative estimate of drug-likeness (QED) is 0.870. The molecule has 2 aliphatic heterocycles. The first-order valence-electron chi connectivity index (χ1n) is 7.54. The Kier molecular flexibility index (Phi) is 2.92. The lowest BCUT2D eigenvalue weighted by Gasteiger charge is -2.29. The SMILES string of the molecule is O=C(C1CNc2ccccc2C1)N1CCc2ccccc21. The van der Waals surface area contributed by atoms with Crippen molar-refractivity contribution >= 4 is 17.3 Å². The number of hydrogen-bond acceptors (Lipinski definition) is 2. The van der Waals surface area contributed by atoms with Gasteiger partial charge in [0.2, 0.25) is 5.91 Å². The van der Waals surface area contributed by atoms with E-state index in [4.69, 9.17) is 0 Å². The molecule has 0 saturated heterocycles. The first kappa shape index (κ1) is 12.5. The Bertz CT molecular complexity index is 695. The van der Waals surface area contributed by atoms with Crippen LogP contribution in [-0.2, 0) is 17.6 Å². The van der Waals surface area contributed by atoms with Crippen LogP contribution in [-0.4, -0.2) is 19.0 Å². The predicted molar refractivity (Wildman–Crippen MR) is 84.6 cm³/mol. The van der Waals surface area contributed by atoms with Crippen LogP contribution in [0.5, 0.6) is 0 Å². The highest BCUT2D eigenvalue weighted by Gasteiger charge is 2.32. The number of rotatable bonds is 1. The number of carbonyl (C=O) groups is 1. The molecule has 2 heterocycles. The van der Waals surface area contributed by atoms with Crippen molar-refractivity contribution in [1.82, 2.24) is 0 Å². The van der Waals surface area contributed by atoms with Crippen molar-refractivity contribution in [3.05, 3.63) is 59.7 Å². The van der Waals surface area contributed by atoms with Crippen molar-refractivity contribution in [1.29, 1.82) is 0 Å². The largest absolute Gasteiger partial charge is 0.384 e. The average molecular weight is 278 g/mol. The van der Waals surface area contributed by atoms with Crippen LogP contribution in [0, 0.1) is 5.92 Å². The summed E-state index contributed by atoms with van der Waals surface area (Å²) >= 11 is 0. The van der Waals surface area contributed by atoms with Gasteiger partial charge in [-0.1, -0.05) is 36.4 Å². The normalized spacial score (nSPS) is 19.6. The highest BCUT2D eigenvalue weighted by molar-refractivity contribution is 5.97. The van der Waals surface area contributed by atoms with Crippen LogP contribution < -0.4 is 10.2 Å². The summed E-state index contributed by atoms with van der Waals surface area (Å²) in [4.78, 5) is 14.8. The molecule has 3 nitrogen and oxygen atoms in total. The summed E-state index contributed by atoms with van der Waals surface area (Å²) in [5.74, 6) is 0.285. The number of nitrogens with zero attached hydrogens (tertiary/aromatic N) is 1. The van der Waals surface area contributed by atoms with Gasteiger partial charge in [-0.2, -0.15) is 0 Å². The van der Waals surface area contributed by atoms with E-state index in [-0.39, 0.29) is 11.8 Å². The smallest absolute Gasteiger partial charge is 0.232 e. The Morgan fingerprint density at radius 2 is 1.81 bits per heavy atom. The van der Waals surface area contributed by atoms with Crippen molar-refractivity contribution in [2.24, 2.45) is 5.92 Å². The lowest BCUT2D eigenvalue weighted by Crippen LogP contribution is -2.40. The molecule has 0 aliphatic carbocycles. The number of para-hydroxylation sites is 2. The minimum Gasteiger partial charge on any atom is -0.384 e. The minimum atomic E-state index is 0.0334. The van der Waals surface area contributed by atoms with Crippen molar-refractivity contribution in [3.63, 3.8) is 0 Å². The van der Waals surface area contributed by atoms with Gasteiger partial charge in [0.15, 0.2) is 0 Å². The Labute approximate surface area is 124 Å². The molecule has 0 spiro atoms. The van der Waals surface area contributed by atoms with Crippen LogP contribution in [0.4, 0.5) is 11.4 Å². The van der Waals surface area contributed by atoms with Gasteiger partial charge >= 0.3 is 0 Å². The molecule has 106 valence electrons. The summed E-state index contributed by atoms with van der Waals surface area (Å²) in [7, 11) is 0. The van der Waals surface area contributed by atoms with Crippen LogP contribution in [0.3, 0.4) is 0 Å². The van der Waals surface area contributed by atoms with E-state index in [2.05, 4.69) is 29.6 Å². The highest BCUT2D eigenvalue weighted by atomic mass is 16.2. The summed E-state index contributed by atoms with van der Waals surface area (Å²) in [6.07, 6.45) is 1.80. The van der Waals surface area contributed by atoms with Crippen LogP contribution in [0.1, 0.15) is 11.1 Å². The first-order chi connectivity index (χ1) is 10.3. The van der Waals surface area contributed by atoms with Gasteiger partial charge in [0.05, 0.1) is 5.92 Å². The number of anilines is 2. The Hall–Kier alpha value is -2.29. The summed E-state index contributed by atoms with van der Waals surface area (Å²) in [6.45, 7) is 1.55. The zero-order valence-electron chi connectivity index (χ0n) is 11.9. The molecular formula is C18H18N2O. The van der Waals surface area contributed by atoms with Gasteiger partial charge in [-0.05, 0) is 36.1 Å². The Balaban J connectivity index is 1.57. The Morgan fingerprint density at radius 1 is 1.05 bits per heavy atom. The minimum absolute atomic E-state index is 0.0334. The van der Waals surface area contributed by atoms with Gasteiger partial charge in [0.25, 0.3) is 0 Å². The molecule has 0 saturated carbocycles. The van der Waals surface area contributed by atoms with Crippen molar-refractivity contribution in [3.8, 4) is 0 Å². The molecule has 4 rings (SSSR count). The number of carbonyl (C=O) groups excluding carboxylic acids is 1.